The Balaban J connectivity index is 1.71. The van der Waals surface area contributed by atoms with Gasteiger partial charge in [-0.3, -0.25) is 9.59 Å². The largest absolute Gasteiger partial charge is 0.490 e. The molecule has 2 N–H and O–H groups in total. The lowest BCUT2D eigenvalue weighted by atomic mass is 10.1. The number of para-hydroxylation sites is 1. The molecule has 3 aromatic carbocycles. The van der Waals surface area contributed by atoms with E-state index in [0.29, 0.717) is 28.6 Å². The molecule has 0 aliphatic heterocycles. The number of nitrogens with zero attached hydrogens (tertiary/aromatic N) is 1. The van der Waals surface area contributed by atoms with E-state index in [1.165, 1.54) is 24.3 Å². The molecule has 35 heavy (non-hydrogen) atoms. The molecule has 178 valence electrons. The first kappa shape index (κ1) is 25.3. The molecule has 7 nitrogen and oxygen atoms in total. The van der Waals surface area contributed by atoms with Crippen LogP contribution in [-0.4, -0.2) is 25.0 Å². The summed E-state index contributed by atoms with van der Waals surface area (Å²) in [5, 5.41) is 15.1. The van der Waals surface area contributed by atoms with Crippen LogP contribution in [0.1, 0.15) is 12.5 Å². The van der Waals surface area contributed by atoms with Gasteiger partial charge in [-0.1, -0.05) is 29.8 Å². The monoisotopic (exact) mass is 493 g/mol. The Morgan fingerprint density at radius 2 is 1.77 bits per heavy atom. The van der Waals surface area contributed by atoms with Crippen LogP contribution >= 0.6 is 11.6 Å². The lowest BCUT2D eigenvalue weighted by Gasteiger charge is -2.13. The van der Waals surface area contributed by atoms with Gasteiger partial charge in [0.2, 0.25) is 0 Å². The van der Waals surface area contributed by atoms with Crippen molar-refractivity contribution in [2.24, 2.45) is 0 Å². The molecule has 0 aromatic heterocycles. The minimum absolute atomic E-state index is 0.0486. The van der Waals surface area contributed by atoms with Gasteiger partial charge in [-0.05, 0) is 67.1 Å². The molecule has 3 aromatic rings. The number of nitrogens with one attached hydrogen (secondary N) is 2. The van der Waals surface area contributed by atoms with Crippen LogP contribution in [0.3, 0.4) is 0 Å². The maximum Gasteiger partial charge on any atom is 0.266 e. The third kappa shape index (κ3) is 7.32. The second kappa shape index (κ2) is 12.2. The summed E-state index contributed by atoms with van der Waals surface area (Å²) in [5.41, 5.74) is 0.931. The molecule has 9 heteroatoms. The fraction of sp³-hybridized carbons (Fsp3) is 0.115. The van der Waals surface area contributed by atoms with Gasteiger partial charge in [0.1, 0.15) is 17.5 Å². The van der Waals surface area contributed by atoms with Crippen LogP contribution in [-0.2, 0) is 9.59 Å². The fourth-order valence-electron chi connectivity index (χ4n) is 2.94. The molecule has 0 saturated heterocycles. The highest BCUT2D eigenvalue weighted by molar-refractivity contribution is 6.30. The van der Waals surface area contributed by atoms with Crippen molar-refractivity contribution in [2.45, 2.75) is 6.92 Å². The zero-order valence-electron chi connectivity index (χ0n) is 18.7. The van der Waals surface area contributed by atoms with Crippen molar-refractivity contribution in [3.05, 3.63) is 88.7 Å². The minimum Gasteiger partial charge on any atom is -0.490 e. The van der Waals surface area contributed by atoms with E-state index in [-0.39, 0.29) is 23.6 Å². The van der Waals surface area contributed by atoms with Gasteiger partial charge in [-0.25, -0.2) is 4.39 Å². The number of amides is 2. The van der Waals surface area contributed by atoms with Crippen LogP contribution in [0, 0.1) is 17.1 Å². The molecule has 0 saturated carbocycles. The summed E-state index contributed by atoms with van der Waals surface area (Å²) in [6.07, 6.45) is 1.41. The fourth-order valence-corrected chi connectivity index (χ4v) is 3.07. The second-order valence-electron chi connectivity index (χ2n) is 7.09. The normalized spacial score (nSPS) is 10.7. The van der Waals surface area contributed by atoms with Gasteiger partial charge in [-0.15, -0.1) is 0 Å². The van der Waals surface area contributed by atoms with E-state index in [9.17, 15) is 19.2 Å². The number of carbonyl (C=O) groups excluding carboxylic acids is 2. The number of rotatable bonds is 9. The second-order valence-corrected chi connectivity index (χ2v) is 7.52. The number of nitriles is 1. The molecule has 0 unspecified atom stereocenters. The van der Waals surface area contributed by atoms with Crippen LogP contribution in [0.25, 0.3) is 6.08 Å². The highest BCUT2D eigenvalue weighted by Gasteiger charge is 2.13. The Morgan fingerprint density at radius 1 is 1.03 bits per heavy atom. The van der Waals surface area contributed by atoms with Crippen LogP contribution in [0.2, 0.25) is 5.02 Å². The maximum absolute atomic E-state index is 13.7. The van der Waals surface area contributed by atoms with Crippen LogP contribution < -0.4 is 20.1 Å². The molecule has 3 rings (SSSR count). The van der Waals surface area contributed by atoms with Crippen molar-refractivity contribution in [3.63, 3.8) is 0 Å². The van der Waals surface area contributed by atoms with Gasteiger partial charge in [0.05, 0.1) is 12.3 Å². The summed E-state index contributed by atoms with van der Waals surface area (Å²) in [7, 11) is 0. The van der Waals surface area contributed by atoms with E-state index in [2.05, 4.69) is 10.6 Å². The smallest absolute Gasteiger partial charge is 0.266 e. The van der Waals surface area contributed by atoms with Crippen molar-refractivity contribution >= 4 is 40.9 Å². The van der Waals surface area contributed by atoms with Gasteiger partial charge in [-0.2, -0.15) is 5.26 Å². The predicted molar refractivity (Wildman–Crippen MR) is 132 cm³/mol. The summed E-state index contributed by atoms with van der Waals surface area (Å²) >= 11 is 5.85. The average Bonchev–Trinajstić information content (AvgIpc) is 2.85. The third-order valence-electron chi connectivity index (χ3n) is 4.55. The molecular weight excluding hydrogens is 473 g/mol. The number of hydrogen-bond donors (Lipinski definition) is 2. The molecule has 0 atom stereocenters. The van der Waals surface area contributed by atoms with Crippen molar-refractivity contribution in [1.29, 1.82) is 5.26 Å². The Labute approximate surface area is 206 Å². The Morgan fingerprint density at radius 3 is 2.46 bits per heavy atom. The van der Waals surface area contributed by atoms with Crippen molar-refractivity contribution in [2.75, 3.05) is 23.8 Å². The summed E-state index contributed by atoms with van der Waals surface area (Å²) in [4.78, 5) is 24.7. The molecular formula is C26H21ClFN3O4. The summed E-state index contributed by atoms with van der Waals surface area (Å²) < 4.78 is 24.9. The lowest BCUT2D eigenvalue weighted by molar-refractivity contribution is -0.118. The van der Waals surface area contributed by atoms with Crippen molar-refractivity contribution in [3.8, 4) is 17.6 Å². The molecule has 0 aliphatic carbocycles. The van der Waals surface area contributed by atoms with Crippen LogP contribution in [0.5, 0.6) is 11.5 Å². The minimum atomic E-state index is -0.585. The van der Waals surface area contributed by atoms with Gasteiger partial charge < -0.3 is 20.1 Å². The maximum atomic E-state index is 13.7. The SMILES string of the molecule is CCOc1cc(/C=C(/C#N)C(=O)Nc2ccc(Cl)cc2)ccc1OCC(=O)Nc1ccccc1F. The Bertz CT molecular complexity index is 1290. The zero-order valence-corrected chi connectivity index (χ0v) is 19.4. The first-order valence-electron chi connectivity index (χ1n) is 10.5. The van der Waals surface area contributed by atoms with E-state index in [1.54, 1.807) is 55.5 Å². The Kier molecular flexibility index (Phi) is 8.82. The topological polar surface area (TPSA) is 100 Å². The number of anilines is 2. The van der Waals surface area contributed by atoms with Gasteiger partial charge in [0.15, 0.2) is 18.1 Å². The number of hydrogen-bond acceptors (Lipinski definition) is 5. The lowest BCUT2D eigenvalue weighted by Crippen LogP contribution is -2.21. The van der Waals surface area contributed by atoms with Gasteiger partial charge in [0.25, 0.3) is 11.8 Å². The average molecular weight is 494 g/mol. The number of carbonyl (C=O) groups is 2. The zero-order chi connectivity index (χ0) is 25.2. The Hall–Kier alpha value is -4.35. The van der Waals surface area contributed by atoms with E-state index in [1.807, 2.05) is 6.07 Å². The quantitative estimate of drug-likeness (QED) is 0.305. The van der Waals surface area contributed by atoms with Crippen molar-refractivity contribution in [1.82, 2.24) is 0 Å². The van der Waals surface area contributed by atoms with Crippen LogP contribution in [0.15, 0.2) is 72.3 Å². The first-order valence-corrected chi connectivity index (χ1v) is 10.9. The van der Waals surface area contributed by atoms with Gasteiger partial charge >= 0.3 is 0 Å². The molecule has 0 fully saturated rings. The third-order valence-corrected chi connectivity index (χ3v) is 4.80. The van der Waals surface area contributed by atoms with E-state index < -0.39 is 17.6 Å². The summed E-state index contributed by atoms with van der Waals surface area (Å²) in [6, 6.07) is 18.9. The summed E-state index contributed by atoms with van der Waals surface area (Å²) in [5.74, 6) is -1.10. The molecule has 0 radical (unpaired) electrons. The molecule has 0 aliphatic rings. The number of ether oxygens (including phenoxy) is 2. The molecule has 0 heterocycles. The van der Waals surface area contributed by atoms with E-state index in [4.69, 9.17) is 21.1 Å². The van der Waals surface area contributed by atoms with Crippen LogP contribution in [0.4, 0.5) is 15.8 Å². The molecule has 0 bridgehead atoms. The van der Waals surface area contributed by atoms with Crippen molar-refractivity contribution < 1.29 is 23.5 Å². The number of halogens is 2. The van der Waals surface area contributed by atoms with E-state index in [0.717, 1.165) is 0 Å². The van der Waals surface area contributed by atoms with Gasteiger partial charge in [0, 0.05) is 10.7 Å². The molecule has 0 spiro atoms. The van der Waals surface area contributed by atoms with E-state index >= 15 is 0 Å². The molecule has 2 amide bonds. The highest BCUT2D eigenvalue weighted by Crippen LogP contribution is 2.29. The predicted octanol–water partition coefficient (Wildman–Crippen LogP) is 5.44. The first-order chi connectivity index (χ1) is 16.9. The standard InChI is InChI=1S/C26H21ClFN3O4/c1-2-34-24-14-17(13-18(15-29)26(33)30-20-10-8-19(27)9-11-20)7-12-23(24)35-16-25(32)31-22-6-4-3-5-21(22)28/h3-14H,2,16H2,1H3,(H,30,33)(H,31,32)/b18-13-. The number of benzene rings is 3. The highest BCUT2D eigenvalue weighted by atomic mass is 35.5. The summed E-state index contributed by atoms with van der Waals surface area (Å²) in [6.45, 7) is 1.71.